The number of rotatable bonds is 1. The van der Waals surface area contributed by atoms with E-state index in [0.717, 1.165) is 32.0 Å². The molecule has 0 aromatic heterocycles. The topological polar surface area (TPSA) is 41.6 Å². The molecule has 4 heteroatoms. The highest BCUT2D eigenvalue weighted by Crippen LogP contribution is 2.16. The highest BCUT2D eigenvalue weighted by Gasteiger charge is 2.22. The number of hydrogen-bond acceptors (Lipinski definition) is 3. The van der Waals surface area contributed by atoms with Gasteiger partial charge in [0.2, 0.25) is 0 Å². The smallest absolute Gasteiger partial charge is 0.410 e. The van der Waals surface area contributed by atoms with E-state index in [4.69, 9.17) is 4.74 Å². The Labute approximate surface area is 163 Å². The Balaban J connectivity index is 0. The average molecular weight is 369 g/mol. The Morgan fingerprint density at radius 3 is 1.77 bits per heavy atom. The molecule has 0 atom stereocenters. The lowest BCUT2D eigenvalue weighted by atomic mass is 9.96. The zero-order valence-electron chi connectivity index (χ0n) is 18.3. The van der Waals surface area contributed by atoms with Crippen molar-refractivity contribution < 1.29 is 9.53 Å². The van der Waals surface area contributed by atoms with Crippen LogP contribution in [-0.4, -0.2) is 42.8 Å². The minimum atomic E-state index is -0.367. The molecule has 0 aromatic carbocycles. The molecule has 0 aromatic rings. The largest absolute Gasteiger partial charge is 0.444 e. The molecule has 1 amide bonds. The molecule has 1 aliphatic carbocycles. The van der Waals surface area contributed by atoms with Crippen LogP contribution >= 0.6 is 0 Å². The van der Waals surface area contributed by atoms with E-state index in [2.05, 4.69) is 39.1 Å². The molecule has 1 saturated carbocycles. The van der Waals surface area contributed by atoms with E-state index in [9.17, 15) is 4.79 Å². The van der Waals surface area contributed by atoms with Crippen LogP contribution in [0, 0.1) is 12.8 Å². The Morgan fingerprint density at radius 2 is 1.42 bits per heavy atom. The Morgan fingerprint density at radius 1 is 1.00 bits per heavy atom. The Hall–Kier alpha value is -1.21. The van der Waals surface area contributed by atoms with Crippen LogP contribution in [0.25, 0.3) is 0 Å². The predicted molar refractivity (Wildman–Crippen MR) is 113 cm³/mol. The van der Waals surface area contributed by atoms with Gasteiger partial charge in [0.05, 0.1) is 0 Å². The van der Waals surface area contributed by atoms with Crippen molar-refractivity contribution in [3.63, 3.8) is 0 Å². The molecule has 1 N–H and O–H groups in total. The zero-order valence-corrected chi connectivity index (χ0v) is 18.3. The van der Waals surface area contributed by atoms with Crippen LogP contribution < -0.4 is 5.32 Å². The summed E-state index contributed by atoms with van der Waals surface area (Å²) in [4.78, 5) is 13.3. The highest BCUT2D eigenvalue weighted by molar-refractivity contribution is 5.68. The molecule has 2 aliphatic rings. The van der Waals surface area contributed by atoms with Gasteiger partial charge in [-0.05, 0) is 59.9 Å². The monoisotopic (exact) mass is 368 g/mol. The van der Waals surface area contributed by atoms with Gasteiger partial charge in [-0.25, -0.2) is 4.79 Å². The van der Waals surface area contributed by atoms with Crippen LogP contribution in [0.4, 0.5) is 4.79 Å². The van der Waals surface area contributed by atoms with E-state index >= 15 is 0 Å². The summed E-state index contributed by atoms with van der Waals surface area (Å²) in [6.07, 6.45) is 19.7. The van der Waals surface area contributed by atoms with E-state index in [1.165, 1.54) is 44.9 Å². The summed E-state index contributed by atoms with van der Waals surface area (Å²) in [5.41, 5.74) is -0.367. The lowest BCUT2D eigenvalue weighted by Crippen LogP contribution is -2.39. The number of nitrogens with one attached hydrogen (secondary N) is 1. The summed E-state index contributed by atoms with van der Waals surface area (Å²) in [6.45, 7) is 11.7. The predicted octanol–water partition coefficient (Wildman–Crippen LogP) is 5.61. The normalized spacial score (nSPS) is 17.3. The third kappa shape index (κ3) is 16.3. The van der Waals surface area contributed by atoms with Crippen molar-refractivity contribution >= 4 is 6.09 Å². The van der Waals surface area contributed by atoms with E-state index < -0.39 is 0 Å². The molecule has 1 heterocycles. The lowest BCUT2D eigenvalue weighted by Gasteiger charge is -2.29. The van der Waals surface area contributed by atoms with E-state index in [1.807, 2.05) is 20.8 Å². The number of nitrogens with zero attached hydrogens (tertiary/aromatic N) is 1. The first-order valence-electron chi connectivity index (χ1n) is 10.3. The molecular formula is C22H44N2O2. The molecule has 26 heavy (non-hydrogen) atoms. The molecule has 2 rings (SSSR count). The van der Waals surface area contributed by atoms with Crippen molar-refractivity contribution in [3.05, 3.63) is 0 Å². The first-order valence-corrected chi connectivity index (χ1v) is 10.3. The van der Waals surface area contributed by atoms with Crippen LogP contribution in [0.3, 0.4) is 0 Å². The van der Waals surface area contributed by atoms with Gasteiger partial charge in [-0.1, -0.05) is 39.5 Å². The number of hydrogen-bond donors (Lipinski definition) is 1. The van der Waals surface area contributed by atoms with Crippen LogP contribution in [-0.2, 0) is 4.74 Å². The summed E-state index contributed by atoms with van der Waals surface area (Å²) in [5.74, 6) is 0. The Bertz CT molecular complexity index is 336. The molecule has 2 fully saturated rings. The highest BCUT2D eigenvalue weighted by atomic mass is 16.6. The van der Waals surface area contributed by atoms with Gasteiger partial charge in [0.25, 0.3) is 0 Å². The molecule has 0 unspecified atom stereocenters. The number of terminal acetylenes is 1. The number of carbonyl (C=O) groups excluding carboxylic acids is 1. The molecular weight excluding hydrogens is 324 g/mol. The van der Waals surface area contributed by atoms with Crippen molar-refractivity contribution in [2.45, 2.75) is 104 Å². The van der Waals surface area contributed by atoms with Gasteiger partial charge in [0.1, 0.15) is 5.60 Å². The fourth-order valence-electron chi connectivity index (χ4n) is 2.79. The first-order chi connectivity index (χ1) is 12.3. The zero-order chi connectivity index (χ0) is 20.4. The number of amides is 1. The number of carbonyl (C=O) groups is 1. The Kier molecular flexibility index (Phi) is 17.9. The fraction of sp³-hybridized carbons (Fsp3) is 0.864. The van der Waals surface area contributed by atoms with Gasteiger partial charge in [-0.2, -0.15) is 0 Å². The number of ether oxygens (including phenoxy) is 1. The second-order valence-corrected chi connectivity index (χ2v) is 7.86. The quantitative estimate of drug-likeness (QED) is 0.611. The summed E-state index contributed by atoms with van der Waals surface area (Å²) in [5, 5.41) is 3.30. The van der Waals surface area contributed by atoms with Gasteiger partial charge >= 0.3 is 6.09 Å². The second kappa shape index (κ2) is 17.2. The van der Waals surface area contributed by atoms with Crippen molar-refractivity contribution in [3.8, 4) is 12.8 Å². The van der Waals surface area contributed by atoms with Crippen molar-refractivity contribution in [1.29, 1.82) is 0 Å². The maximum Gasteiger partial charge on any atom is 0.410 e. The molecule has 0 spiro atoms. The SMILES string of the molecule is C#C.CC(C)(C)OC(=O)N1CCCCC1.CCC.CNC1CCCCC1. The average Bonchev–Trinajstić information content (AvgIpc) is 2.65. The van der Waals surface area contributed by atoms with E-state index in [0.29, 0.717) is 0 Å². The number of piperidine rings is 1. The fourth-order valence-corrected chi connectivity index (χ4v) is 2.79. The third-order valence-electron chi connectivity index (χ3n) is 4.02. The molecule has 0 bridgehead atoms. The minimum absolute atomic E-state index is 0.160. The molecule has 154 valence electrons. The molecule has 1 aliphatic heterocycles. The van der Waals surface area contributed by atoms with Crippen LogP contribution in [0.5, 0.6) is 0 Å². The number of likely N-dealkylation sites (tertiary alicyclic amines) is 1. The third-order valence-corrected chi connectivity index (χ3v) is 4.02. The van der Waals surface area contributed by atoms with Gasteiger partial charge in [-0.3, -0.25) is 0 Å². The molecule has 0 radical (unpaired) electrons. The van der Waals surface area contributed by atoms with Gasteiger partial charge in [0.15, 0.2) is 0 Å². The van der Waals surface area contributed by atoms with Gasteiger partial charge in [-0.15, -0.1) is 12.8 Å². The maximum atomic E-state index is 11.5. The second-order valence-electron chi connectivity index (χ2n) is 7.86. The van der Waals surface area contributed by atoms with Gasteiger partial charge < -0.3 is 15.0 Å². The van der Waals surface area contributed by atoms with Crippen molar-refractivity contribution in [2.24, 2.45) is 0 Å². The van der Waals surface area contributed by atoms with Crippen LogP contribution in [0.15, 0.2) is 0 Å². The summed E-state index contributed by atoms with van der Waals surface area (Å²) < 4.78 is 5.26. The van der Waals surface area contributed by atoms with Crippen LogP contribution in [0.2, 0.25) is 0 Å². The van der Waals surface area contributed by atoms with Crippen molar-refractivity contribution in [2.75, 3.05) is 20.1 Å². The van der Waals surface area contributed by atoms with E-state index in [1.54, 1.807) is 4.90 Å². The molecule has 1 saturated heterocycles. The summed E-state index contributed by atoms with van der Waals surface area (Å²) in [6, 6.07) is 0.837. The standard InChI is InChI=1S/C10H19NO2.C7H15N.C3H8.C2H2/c1-10(2,3)13-9(12)11-7-5-4-6-8-11;1-8-7-5-3-2-4-6-7;1-3-2;1-2/h4-8H2,1-3H3;7-8H,2-6H2,1H3;3H2,1-2H3;1-2H. The summed E-state index contributed by atoms with van der Waals surface area (Å²) in [7, 11) is 2.07. The minimum Gasteiger partial charge on any atom is -0.444 e. The van der Waals surface area contributed by atoms with Gasteiger partial charge in [0, 0.05) is 19.1 Å². The van der Waals surface area contributed by atoms with Crippen LogP contribution in [0.1, 0.15) is 92.4 Å². The van der Waals surface area contributed by atoms with E-state index in [-0.39, 0.29) is 11.7 Å². The first kappa shape index (κ1) is 27.0. The summed E-state index contributed by atoms with van der Waals surface area (Å²) >= 11 is 0. The molecule has 4 nitrogen and oxygen atoms in total. The maximum absolute atomic E-state index is 11.5. The lowest BCUT2D eigenvalue weighted by molar-refractivity contribution is 0.0216. The van der Waals surface area contributed by atoms with Crippen molar-refractivity contribution in [1.82, 2.24) is 10.2 Å².